The van der Waals surface area contributed by atoms with E-state index >= 15 is 0 Å². The lowest BCUT2D eigenvalue weighted by atomic mass is 10.1. The normalized spacial score (nSPS) is 9.83. The standard InChI is InChI=1S/C8H7BrClNS/c9-7-4-6(10)2-1-5(7)3-8(11)12/h1-2,4H,3H2,(H2,11,12). The third kappa shape index (κ3) is 2.73. The monoisotopic (exact) mass is 263 g/mol. The Balaban J connectivity index is 2.93. The summed E-state index contributed by atoms with van der Waals surface area (Å²) in [6.45, 7) is 0. The third-order valence-electron chi connectivity index (χ3n) is 1.38. The van der Waals surface area contributed by atoms with Gasteiger partial charge >= 0.3 is 0 Å². The van der Waals surface area contributed by atoms with Crippen molar-refractivity contribution < 1.29 is 0 Å². The number of benzene rings is 1. The summed E-state index contributed by atoms with van der Waals surface area (Å²) >= 11 is 13.9. The van der Waals surface area contributed by atoms with Gasteiger partial charge in [0.15, 0.2) is 0 Å². The van der Waals surface area contributed by atoms with E-state index in [0.717, 1.165) is 10.0 Å². The molecule has 0 aliphatic carbocycles. The van der Waals surface area contributed by atoms with Crippen LogP contribution < -0.4 is 5.73 Å². The second-order valence-electron chi connectivity index (χ2n) is 2.38. The largest absolute Gasteiger partial charge is 0.393 e. The molecule has 0 aromatic heterocycles. The molecule has 12 heavy (non-hydrogen) atoms. The number of thiocarbonyl (C=S) groups is 1. The van der Waals surface area contributed by atoms with Crippen molar-refractivity contribution in [2.45, 2.75) is 6.42 Å². The van der Waals surface area contributed by atoms with Crippen molar-refractivity contribution in [1.82, 2.24) is 0 Å². The van der Waals surface area contributed by atoms with Crippen molar-refractivity contribution in [3.63, 3.8) is 0 Å². The van der Waals surface area contributed by atoms with E-state index in [2.05, 4.69) is 15.9 Å². The van der Waals surface area contributed by atoms with E-state index in [1.54, 1.807) is 0 Å². The molecule has 0 amide bonds. The molecule has 0 radical (unpaired) electrons. The van der Waals surface area contributed by atoms with Crippen molar-refractivity contribution in [2.24, 2.45) is 5.73 Å². The quantitative estimate of drug-likeness (QED) is 0.831. The van der Waals surface area contributed by atoms with Crippen LogP contribution >= 0.6 is 39.7 Å². The van der Waals surface area contributed by atoms with Crippen LogP contribution in [0, 0.1) is 0 Å². The van der Waals surface area contributed by atoms with E-state index in [-0.39, 0.29) is 0 Å². The zero-order valence-corrected chi connectivity index (χ0v) is 9.34. The molecule has 0 spiro atoms. The molecule has 0 unspecified atom stereocenters. The molecule has 0 heterocycles. The molecular weight excluding hydrogens is 258 g/mol. The Hall–Kier alpha value is -0.120. The van der Waals surface area contributed by atoms with Gasteiger partial charge in [0.1, 0.15) is 0 Å². The van der Waals surface area contributed by atoms with E-state index in [1.807, 2.05) is 18.2 Å². The molecule has 1 aromatic carbocycles. The highest BCUT2D eigenvalue weighted by Crippen LogP contribution is 2.21. The minimum atomic E-state index is 0.484. The lowest BCUT2D eigenvalue weighted by Gasteiger charge is -2.02. The smallest absolute Gasteiger partial charge is 0.0772 e. The first-order valence-electron chi connectivity index (χ1n) is 3.32. The van der Waals surface area contributed by atoms with Gasteiger partial charge in [-0.15, -0.1) is 0 Å². The summed E-state index contributed by atoms with van der Waals surface area (Å²) in [5.41, 5.74) is 6.47. The average Bonchev–Trinajstić information content (AvgIpc) is 1.94. The fourth-order valence-electron chi connectivity index (χ4n) is 0.853. The number of hydrogen-bond acceptors (Lipinski definition) is 1. The summed E-state index contributed by atoms with van der Waals surface area (Å²) in [5.74, 6) is 0. The van der Waals surface area contributed by atoms with E-state index in [1.165, 1.54) is 0 Å². The third-order valence-corrected chi connectivity index (χ3v) is 2.50. The molecule has 1 aromatic rings. The lowest BCUT2D eigenvalue weighted by Crippen LogP contribution is -2.11. The highest BCUT2D eigenvalue weighted by Gasteiger charge is 2.01. The zero-order valence-electron chi connectivity index (χ0n) is 6.18. The SMILES string of the molecule is NC(=S)Cc1ccc(Cl)cc1Br. The summed E-state index contributed by atoms with van der Waals surface area (Å²) in [4.78, 5) is 0.484. The van der Waals surface area contributed by atoms with Gasteiger partial charge < -0.3 is 5.73 Å². The molecule has 2 N–H and O–H groups in total. The Kier molecular flexibility index (Phi) is 3.50. The van der Waals surface area contributed by atoms with Crippen molar-refractivity contribution in [3.05, 3.63) is 33.3 Å². The first-order chi connectivity index (χ1) is 5.59. The van der Waals surface area contributed by atoms with Crippen LogP contribution in [0.25, 0.3) is 0 Å². The molecule has 0 saturated carbocycles. The summed E-state index contributed by atoms with van der Waals surface area (Å²) in [6.07, 6.45) is 0.604. The second-order valence-corrected chi connectivity index (χ2v) is 4.19. The molecule has 64 valence electrons. The van der Waals surface area contributed by atoms with Crippen LogP contribution in [0.15, 0.2) is 22.7 Å². The van der Waals surface area contributed by atoms with Gasteiger partial charge in [-0.1, -0.05) is 45.8 Å². The maximum Gasteiger partial charge on any atom is 0.0772 e. The molecule has 1 rings (SSSR count). The van der Waals surface area contributed by atoms with Crippen LogP contribution in [0.1, 0.15) is 5.56 Å². The highest BCUT2D eigenvalue weighted by molar-refractivity contribution is 9.10. The molecule has 4 heteroatoms. The summed E-state index contributed by atoms with van der Waals surface area (Å²) in [5, 5.41) is 0.702. The topological polar surface area (TPSA) is 26.0 Å². The molecular formula is C8H7BrClNS. The van der Waals surface area contributed by atoms with Crippen LogP contribution in [-0.4, -0.2) is 4.99 Å². The van der Waals surface area contributed by atoms with Crippen LogP contribution in [0.5, 0.6) is 0 Å². The van der Waals surface area contributed by atoms with Gasteiger partial charge in [-0.2, -0.15) is 0 Å². The molecule has 0 saturated heterocycles. The Labute approximate surface area is 90.0 Å². The van der Waals surface area contributed by atoms with Gasteiger partial charge in [-0.05, 0) is 17.7 Å². The van der Waals surface area contributed by atoms with Crippen LogP contribution in [0.3, 0.4) is 0 Å². The summed E-state index contributed by atoms with van der Waals surface area (Å²) < 4.78 is 0.947. The lowest BCUT2D eigenvalue weighted by molar-refractivity contribution is 1.30. The van der Waals surface area contributed by atoms with Gasteiger partial charge in [0.2, 0.25) is 0 Å². The summed E-state index contributed by atoms with van der Waals surface area (Å²) in [6, 6.07) is 5.56. The maximum atomic E-state index is 5.76. The van der Waals surface area contributed by atoms with Crippen molar-refractivity contribution in [1.29, 1.82) is 0 Å². The molecule has 0 bridgehead atoms. The van der Waals surface area contributed by atoms with Crippen molar-refractivity contribution >= 4 is 44.7 Å². The van der Waals surface area contributed by atoms with Gasteiger partial charge in [0.25, 0.3) is 0 Å². The highest BCUT2D eigenvalue weighted by atomic mass is 79.9. The number of rotatable bonds is 2. The molecule has 0 aliphatic rings. The minimum absolute atomic E-state index is 0.484. The van der Waals surface area contributed by atoms with E-state index in [9.17, 15) is 0 Å². The van der Waals surface area contributed by atoms with Gasteiger partial charge in [0, 0.05) is 15.9 Å². The van der Waals surface area contributed by atoms with Crippen LogP contribution in [0.2, 0.25) is 5.02 Å². The van der Waals surface area contributed by atoms with Gasteiger partial charge in [-0.3, -0.25) is 0 Å². The van der Waals surface area contributed by atoms with Gasteiger partial charge in [-0.25, -0.2) is 0 Å². The Bertz CT molecular complexity index is 314. The zero-order chi connectivity index (χ0) is 9.14. The second kappa shape index (κ2) is 4.21. The van der Waals surface area contributed by atoms with Crippen molar-refractivity contribution in [2.75, 3.05) is 0 Å². The number of hydrogen-bond donors (Lipinski definition) is 1. The molecule has 0 aliphatic heterocycles. The van der Waals surface area contributed by atoms with Crippen LogP contribution in [0.4, 0.5) is 0 Å². The van der Waals surface area contributed by atoms with E-state index < -0.39 is 0 Å². The fourth-order valence-corrected chi connectivity index (χ4v) is 1.83. The fraction of sp³-hybridized carbons (Fsp3) is 0.125. The van der Waals surface area contributed by atoms with E-state index in [4.69, 9.17) is 29.6 Å². The first kappa shape index (κ1) is 9.96. The minimum Gasteiger partial charge on any atom is -0.393 e. The van der Waals surface area contributed by atoms with Crippen LogP contribution in [-0.2, 0) is 6.42 Å². The summed E-state index contributed by atoms with van der Waals surface area (Å²) in [7, 11) is 0. The first-order valence-corrected chi connectivity index (χ1v) is 4.90. The van der Waals surface area contributed by atoms with Gasteiger partial charge in [0.05, 0.1) is 4.99 Å². The predicted molar refractivity (Wildman–Crippen MR) is 59.6 cm³/mol. The predicted octanol–water partition coefficient (Wildman–Crippen LogP) is 2.93. The molecule has 0 atom stereocenters. The average molecular weight is 265 g/mol. The Morgan fingerprint density at radius 2 is 2.25 bits per heavy atom. The molecule has 0 fully saturated rings. The van der Waals surface area contributed by atoms with E-state index in [0.29, 0.717) is 16.4 Å². The van der Waals surface area contributed by atoms with Crippen molar-refractivity contribution in [3.8, 4) is 0 Å². The molecule has 1 nitrogen and oxygen atoms in total. The number of halogens is 2. The maximum absolute atomic E-state index is 5.76. The Morgan fingerprint density at radius 3 is 2.75 bits per heavy atom. The number of nitrogens with two attached hydrogens (primary N) is 1. The Morgan fingerprint density at radius 1 is 1.58 bits per heavy atom.